The van der Waals surface area contributed by atoms with E-state index in [1.54, 1.807) is 6.07 Å². The molecule has 0 spiro atoms. The minimum Gasteiger partial charge on any atom is -0.347 e. The summed E-state index contributed by atoms with van der Waals surface area (Å²) in [6.45, 7) is 10.7. The lowest BCUT2D eigenvalue weighted by atomic mass is 9.82. The van der Waals surface area contributed by atoms with Gasteiger partial charge in [-0.3, -0.25) is 9.59 Å². The Morgan fingerprint density at radius 1 is 1.00 bits per heavy atom. The summed E-state index contributed by atoms with van der Waals surface area (Å²) in [6, 6.07) is 15.6. The number of hydrogen-bond acceptors (Lipinski definition) is 2. The Hall–Kier alpha value is -2.62. The van der Waals surface area contributed by atoms with E-state index in [1.807, 2.05) is 43.3 Å². The topological polar surface area (TPSA) is 58.2 Å². The van der Waals surface area contributed by atoms with Gasteiger partial charge in [0.25, 0.3) is 0 Å². The summed E-state index contributed by atoms with van der Waals surface area (Å²) >= 11 is 0. The Kier molecular flexibility index (Phi) is 6.19. The molecule has 2 aromatic rings. The molecule has 4 nitrogen and oxygen atoms in total. The van der Waals surface area contributed by atoms with Gasteiger partial charge in [0.05, 0.1) is 0 Å². The third kappa shape index (κ3) is 4.94. The molecule has 0 heterocycles. The van der Waals surface area contributed by atoms with Gasteiger partial charge in [-0.1, -0.05) is 64.1 Å². The number of benzene rings is 2. The third-order valence-electron chi connectivity index (χ3n) is 4.58. The minimum absolute atomic E-state index is 0.265. The van der Waals surface area contributed by atoms with Crippen LogP contribution in [0.5, 0.6) is 0 Å². The maximum Gasteiger partial charge on any atom is 0.313 e. The van der Waals surface area contributed by atoms with E-state index in [9.17, 15) is 9.59 Å². The molecule has 0 fully saturated rings. The lowest BCUT2D eigenvalue weighted by molar-refractivity contribution is -0.136. The normalized spacial score (nSPS) is 11.3. The Morgan fingerprint density at radius 3 is 2.35 bits per heavy atom. The second kappa shape index (κ2) is 8.17. The molecule has 4 heteroatoms. The zero-order chi connectivity index (χ0) is 19.3. The monoisotopic (exact) mass is 352 g/mol. The van der Waals surface area contributed by atoms with Gasteiger partial charge in [0, 0.05) is 17.6 Å². The van der Waals surface area contributed by atoms with Crippen molar-refractivity contribution in [3.63, 3.8) is 0 Å². The molecule has 0 unspecified atom stereocenters. The molecule has 138 valence electrons. The average molecular weight is 352 g/mol. The van der Waals surface area contributed by atoms with Crippen LogP contribution in [0, 0.1) is 6.92 Å². The molecule has 26 heavy (non-hydrogen) atoms. The number of anilines is 1. The van der Waals surface area contributed by atoms with Crippen LogP contribution in [0.2, 0.25) is 0 Å². The van der Waals surface area contributed by atoms with Crippen molar-refractivity contribution in [3.05, 3.63) is 65.2 Å². The first-order valence-electron chi connectivity index (χ1n) is 8.96. The fourth-order valence-electron chi connectivity index (χ4n) is 2.97. The maximum atomic E-state index is 12.2. The summed E-state index contributed by atoms with van der Waals surface area (Å²) in [5.74, 6) is -0.913. The molecule has 0 saturated carbocycles. The largest absolute Gasteiger partial charge is 0.347 e. The molecule has 0 aliphatic heterocycles. The van der Waals surface area contributed by atoms with Crippen molar-refractivity contribution in [2.45, 2.75) is 46.0 Å². The highest BCUT2D eigenvalue weighted by molar-refractivity contribution is 6.39. The number of carbonyl (C=O) groups excluding carboxylic acids is 2. The molecular formula is C22H28N2O2. The van der Waals surface area contributed by atoms with Gasteiger partial charge in [-0.15, -0.1) is 0 Å². The molecule has 2 rings (SSSR count). The van der Waals surface area contributed by atoms with Gasteiger partial charge in [-0.25, -0.2) is 0 Å². The van der Waals surface area contributed by atoms with Crippen LogP contribution in [0.15, 0.2) is 48.5 Å². The third-order valence-corrected chi connectivity index (χ3v) is 4.58. The van der Waals surface area contributed by atoms with Crippen molar-refractivity contribution in [2.75, 3.05) is 11.9 Å². The number of amides is 2. The van der Waals surface area contributed by atoms with Crippen LogP contribution in [-0.4, -0.2) is 18.4 Å². The van der Waals surface area contributed by atoms with Crippen LogP contribution < -0.4 is 10.6 Å². The highest BCUT2D eigenvalue weighted by Crippen LogP contribution is 2.25. The van der Waals surface area contributed by atoms with Crippen molar-refractivity contribution in [3.8, 4) is 0 Å². The van der Waals surface area contributed by atoms with E-state index in [0.717, 1.165) is 11.1 Å². The molecule has 2 aromatic carbocycles. The van der Waals surface area contributed by atoms with Crippen LogP contribution in [0.3, 0.4) is 0 Å². The number of aryl methyl sites for hydroxylation is 1. The van der Waals surface area contributed by atoms with Gasteiger partial charge in [0.1, 0.15) is 0 Å². The van der Waals surface area contributed by atoms with Crippen molar-refractivity contribution in [1.29, 1.82) is 0 Å². The number of rotatable bonds is 5. The molecule has 0 aromatic heterocycles. The molecule has 0 aliphatic carbocycles. The second-order valence-electron chi connectivity index (χ2n) is 7.62. The highest BCUT2D eigenvalue weighted by Gasteiger charge is 2.24. The molecule has 0 radical (unpaired) electrons. The Labute approximate surface area is 156 Å². The molecule has 2 N–H and O–H groups in total. The van der Waals surface area contributed by atoms with E-state index in [0.29, 0.717) is 18.2 Å². The first kappa shape index (κ1) is 19.7. The van der Waals surface area contributed by atoms with Crippen molar-refractivity contribution in [1.82, 2.24) is 5.32 Å². The quantitative estimate of drug-likeness (QED) is 0.794. The second-order valence-corrected chi connectivity index (χ2v) is 7.62. The van der Waals surface area contributed by atoms with Gasteiger partial charge in [-0.05, 0) is 41.7 Å². The minimum atomic E-state index is -0.647. The van der Waals surface area contributed by atoms with E-state index in [-0.39, 0.29) is 5.41 Å². The fraction of sp³-hybridized carbons (Fsp3) is 0.364. The SMILES string of the molecule is Cc1ccccc1C(C)(C)CNC(=O)C(=O)Nc1cccc(C(C)C)c1. The summed E-state index contributed by atoms with van der Waals surface area (Å²) in [7, 11) is 0. The Bertz CT molecular complexity index is 794. The number of carbonyl (C=O) groups is 2. The first-order chi connectivity index (χ1) is 12.2. The fourth-order valence-corrected chi connectivity index (χ4v) is 2.97. The van der Waals surface area contributed by atoms with E-state index < -0.39 is 11.8 Å². The Balaban J connectivity index is 1.98. The average Bonchev–Trinajstić information content (AvgIpc) is 2.60. The molecule has 0 aliphatic rings. The summed E-state index contributed by atoms with van der Waals surface area (Å²) in [6.07, 6.45) is 0. The molecule has 2 amide bonds. The van der Waals surface area contributed by atoms with E-state index in [1.165, 1.54) is 5.56 Å². The summed E-state index contributed by atoms with van der Waals surface area (Å²) < 4.78 is 0. The standard InChI is InChI=1S/C22H28N2O2/c1-15(2)17-10-8-11-18(13-17)24-21(26)20(25)23-14-22(4,5)19-12-7-6-9-16(19)3/h6-13,15H,14H2,1-5H3,(H,23,25)(H,24,26). The van der Waals surface area contributed by atoms with Crippen LogP contribution in [0.25, 0.3) is 0 Å². The number of nitrogens with one attached hydrogen (secondary N) is 2. The molecular weight excluding hydrogens is 324 g/mol. The zero-order valence-electron chi connectivity index (χ0n) is 16.2. The smallest absolute Gasteiger partial charge is 0.313 e. The van der Waals surface area contributed by atoms with Crippen LogP contribution in [0.1, 0.15) is 50.3 Å². The molecule has 0 saturated heterocycles. The summed E-state index contributed by atoms with van der Waals surface area (Å²) in [5, 5.41) is 5.43. The molecule has 0 atom stereocenters. The highest BCUT2D eigenvalue weighted by atomic mass is 16.2. The van der Waals surface area contributed by atoms with Gasteiger partial charge in [0.15, 0.2) is 0 Å². The summed E-state index contributed by atoms with van der Waals surface area (Å²) in [5.41, 5.74) is 3.81. The summed E-state index contributed by atoms with van der Waals surface area (Å²) in [4.78, 5) is 24.4. The lowest BCUT2D eigenvalue weighted by Gasteiger charge is -2.27. The first-order valence-corrected chi connectivity index (χ1v) is 8.96. The van der Waals surface area contributed by atoms with Crippen LogP contribution >= 0.6 is 0 Å². The van der Waals surface area contributed by atoms with Crippen LogP contribution in [-0.2, 0) is 15.0 Å². The predicted molar refractivity (Wildman–Crippen MR) is 106 cm³/mol. The van der Waals surface area contributed by atoms with Gasteiger partial charge >= 0.3 is 11.8 Å². The molecule has 0 bridgehead atoms. The van der Waals surface area contributed by atoms with E-state index in [2.05, 4.69) is 44.4 Å². The van der Waals surface area contributed by atoms with Gasteiger partial charge < -0.3 is 10.6 Å². The maximum absolute atomic E-state index is 12.2. The lowest BCUT2D eigenvalue weighted by Crippen LogP contribution is -2.42. The van der Waals surface area contributed by atoms with Crippen molar-refractivity contribution in [2.24, 2.45) is 0 Å². The Morgan fingerprint density at radius 2 is 1.69 bits per heavy atom. The van der Waals surface area contributed by atoms with Gasteiger partial charge in [-0.2, -0.15) is 0 Å². The van der Waals surface area contributed by atoms with Crippen molar-refractivity contribution >= 4 is 17.5 Å². The predicted octanol–water partition coefficient (Wildman–Crippen LogP) is 4.15. The zero-order valence-corrected chi connectivity index (χ0v) is 16.2. The van der Waals surface area contributed by atoms with Crippen LogP contribution in [0.4, 0.5) is 5.69 Å². The van der Waals surface area contributed by atoms with Crippen molar-refractivity contribution < 1.29 is 9.59 Å². The van der Waals surface area contributed by atoms with E-state index >= 15 is 0 Å². The number of hydrogen-bond donors (Lipinski definition) is 2. The van der Waals surface area contributed by atoms with E-state index in [4.69, 9.17) is 0 Å². The van der Waals surface area contributed by atoms with Gasteiger partial charge in [0.2, 0.25) is 0 Å².